The monoisotopic (exact) mass is 272 g/mol. The SMILES string of the molecule is CCOC(=O)c1nc2n(n1)C(=O)Nc1ccccc1C2. The molecule has 1 aliphatic heterocycles. The quantitative estimate of drug-likeness (QED) is 0.836. The third kappa shape index (κ3) is 2.03. The summed E-state index contributed by atoms with van der Waals surface area (Å²) in [6.07, 6.45) is 0.418. The van der Waals surface area contributed by atoms with Crippen LogP contribution in [-0.4, -0.2) is 33.4 Å². The van der Waals surface area contributed by atoms with E-state index < -0.39 is 12.0 Å². The van der Waals surface area contributed by atoms with Crippen LogP contribution in [0.25, 0.3) is 0 Å². The van der Waals surface area contributed by atoms with Gasteiger partial charge in [0.05, 0.1) is 6.61 Å². The van der Waals surface area contributed by atoms with E-state index in [4.69, 9.17) is 4.74 Å². The Kier molecular flexibility index (Phi) is 2.94. The Hall–Kier alpha value is -2.70. The lowest BCUT2D eigenvalue weighted by atomic mass is 10.1. The Morgan fingerprint density at radius 3 is 3.05 bits per heavy atom. The topological polar surface area (TPSA) is 86.1 Å². The van der Waals surface area contributed by atoms with Gasteiger partial charge in [0.25, 0.3) is 5.82 Å². The maximum absolute atomic E-state index is 12.1. The molecule has 102 valence electrons. The van der Waals surface area contributed by atoms with Crippen molar-refractivity contribution in [2.45, 2.75) is 13.3 Å². The molecule has 1 N–H and O–H groups in total. The number of anilines is 1. The fraction of sp³-hybridized carbons (Fsp3) is 0.231. The summed E-state index contributed by atoms with van der Waals surface area (Å²) in [5.74, 6) is -0.318. The zero-order valence-electron chi connectivity index (χ0n) is 10.8. The number of carbonyl (C=O) groups is 2. The number of benzene rings is 1. The fourth-order valence-corrected chi connectivity index (χ4v) is 2.04. The van der Waals surface area contributed by atoms with Crippen molar-refractivity contribution < 1.29 is 14.3 Å². The van der Waals surface area contributed by atoms with Gasteiger partial charge in [-0.25, -0.2) is 14.6 Å². The van der Waals surface area contributed by atoms with Crippen LogP contribution in [0.5, 0.6) is 0 Å². The van der Waals surface area contributed by atoms with Crippen LogP contribution in [0.4, 0.5) is 10.5 Å². The Bertz CT molecular complexity index is 693. The van der Waals surface area contributed by atoms with Gasteiger partial charge in [0.2, 0.25) is 0 Å². The van der Waals surface area contributed by atoms with E-state index >= 15 is 0 Å². The Morgan fingerprint density at radius 2 is 2.25 bits per heavy atom. The molecule has 1 aromatic carbocycles. The van der Waals surface area contributed by atoms with E-state index in [-0.39, 0.29) is 12.4 Å². The first-order valence-electron chi connectivity index (χ1n) is 6.21. The van der Waals surface area contributed by atoms with Crippen molar-refractivity contribution in [3.05, 3.63) is 41.5 Å². The number of aromatic nitrogens is 3. The highest BCUT2D eigenvalue weighted by molar-refractivity contribution is 5.93. The van der Waals surface area contributed by atoms with Crippen molar-refractivity contribution in [1.29, 1.82) is 0 Å². The van der Waals surface area contributed by atoms with Crippen LogP contribution in [-0.2, 0) is 11.2 Å². The molecule has 1 aromatic heterocycles. The highest BCUT2D eigenvalue weighted by atomic mass is 16.5. The molecule has 0 radical (unpaired) electrons. The molecule has 0 spiro atoms. The van der Waals surface area contributed by atoms with Crippen molar-refractivity contribution >= 4 is 17.7 Å². The minimum absolute atomic E-state index is 0.101. The first kappa shape index (κ1) is 12.3. The molecule has 1 aliphatic rings. The zero-order valence-corrected chi connectivity index (χ0v) is 10.8. The van der Waals surface area contributed by atoms with Crippen LogP contribution in [0.15, 0.2) is 24.3 Å². The third-order valence-electron chi connectivity index (χ3n) is 2.93. The minimum Gasteiger partial charge on any atom is -0.460 e. The number of carbonyl (C=O) groups excluding carboxylic acids is 2. The van der Waals surface area contributed by atoms with Gasteiger partial charge in [0.15, 0.2) is 0 Å². The summed E-state index contributed by atoms with van der Waals surface area (Å²) in [6.45, 7) is 1.93. The van der Waals surface area contributed by atoms with Gasteiger partial charge >= 0.3 is 12.0 Å². The summed E-state index contributed by atoms with van der Waals surface area (Å²) in [4.78, 5) is 27.8. The number of hydrogen-bond acceptors (Lipinski definition) is 5. The standard InChI is InChI=1S/C13H12N4O3/c1-2-20-12(18)11-15-10-7-8-5-3-4-6-9(8)14-13(19)17(10)16-11/h3-6H,2,7H2,1H3,(H,14,19). The van der Waals surface area contributed by atoms with Gasteiger partial charge in [-0.1, -0.05) is 18.2 Å². The number of nitrogens with one attached hydrogen (secondary N) is 1. The molecular formula is C13H12N4O3. The molecule has 0 unspecified atom stereocenters. The normalized spacial score (nSPS) is 12.9. The largest absolute Gasteiger partial charge is 0.460 e. The minimum atomic E-state index is -0.630. The predicted octanol–water partition coefficient (Wildman–Crippen LogP) is 1.44. The van der Waals surface area contributed by atoms with Gasteiger partial charge in [0, 0.05) is 12.1 Å². The Labute approximate surface area is 114 Å². The van der Waals surface area contributed by atoms with Gasteiger partial charge in [0.1, 0.15) is 5.82 Å². The van der Waals surface area contributed by atoms with Gasteiger partial charge < -0.3 is 10.1 Å². The van der Waals surface area contributed by atoms with E-state index in [0.29, 0.717) is 12.2 Å². The van der Waals surface area contributed by atoms with Crippen molar-refractivity contribution in [3.8, 4) is 0 Å². The van der Waals surface area contributed by atoms with E-state index in [0.717, 1.165) is 15.9 Å². The Balaban J connectivity index is 2.01. The Morgan fingerprint density at radius 1 is 1.45 bits per heavy atom. The second kappa shape index (κ2) is 4.76. The van der Waals surface area contributed by atoms with Crippen LogP contribution in [0.2, 0.25) is 0 Å². The molecule has 20 heavy (non-hydrogen) atoms. The van der Waals surface area contributed by atoms with Crippen LogP contribution in [0, 0.1) is 0 Å². The fourth-order valence-electron chi connectivity index (χ4n) is 2.04. The molecule has 0 bridgehead atoms. The van der Waals surface area contributed by atoms with Crippen LogP contribution in [0.1, 0.15) is 28.9 Å². The lowest BCUT2D eigenvalue weighted by Crippen LogP contribution is -2.21. The summed E-state index contributed by atoms with van der Waals surface area (Å²) in [6, 6.07) is 6.98. The molecule has 2 aromatic rings. The van der Waals surface area contributed by atoms with Crippen molar-refractivity contribution in [2.24, 2.45) is 0 Å². The van der Waals surface area contributed by atoms with E-state index in [1.807, 2.05) is 24.3 Å². The molecular weight excluding hydrogens is 260 g/mol. The van der Waals surface area contributed by atoms with E-state index in [1.165, 1.54) is 0 Å². The number of rotatable bonds is 2. The van der Waals surface area contributed by atoms with Crippen molar-refractivity contribution in [2.75, 3.05) is 11.9 Å². The number of ether oxygens (including phenoxy) is 1. The summed E-state index contributed by atoms with van der Waals surface area (Å²) in [5, 5.41) is 6.64. The second-order valence-corrected chi connectivity index (χ2v) is 4.25. The van der Waals surface area contributed by atoms with Crippen molar-refractivity contribution in [1.82, 2.24) is 14.8 Å². The average molecular weight is 272 g/mol. The van der Waals surface area contributed by atoms with E-state index in [2.05, 4.69) is 15.4 Å². The van der Waals surface area contributed by atoms with Crippen LogP contribution in [0.3, 0.4) is 0 Å². The number of para-hydroxylation sites is 1. The zero-order chi connectivity index (χ0) is 14.1. The number of esters is 1. The smallest absolute Gasteiger partial charge is 0.378 e. The predicted molar refractivity (Wildman–Crippen MR) is 69.6 cm³/mol. The van der Waals surface area contributed by atoms with Gasteiger partial charge in [-0.2, -0.15) is 4.68 Å². The highest BCUT2D eigenvalue weighted by Crippen LogP contribution is 2.21. The molecule has 0 atom stereocenters. The second-order valence-electron chi connectivity index (χ2n) is 4.25. The summed E-state index contributed by atoms with van der Waals surface area (Å²) in [5.41, 5.74) is 1.64. The summed E-state index contributed by atoms with van der Waals surface area (Å²) < 4.78 is 5.94. The van der Waals surface area contributed by atoms with Crippen molar-refractivity contribution in [3.63, 3.8) is 0 Å². The summed E-state index contributed by atoms with van der Waals surface area (Å²) in [7, 11) is 0. The lowest BCUT2D eigenvalue weighted by Gasteiger charge is -2.04. The first-order valence-corrected chi connectivity index (χ1v) is 6.21. The van der Waals surface area contributed by atoms with Crippen LogP contribution >= 0.6 is 0 Å². The third-order valence-corrected chi connectivity index (χ3v) is 2.93. The highest BCUT2D eigenvalue weighted by Gasteiger charge is 2.24. The first-order chi connectivity index (χ1) is 9.69. The molecule has 3 rings (SSSR count). The molecule has 0 saturated heterocycles. The van der Waals surface area contributed by atoms with Crippen LogP contribution < -0.4 is 5.32 Å². The van der Waals surface area contributed by atoms with Gasteiger partial charge in [-0.3, -0.25) is 0 Å². The number of amides is 1. The maximum atomic E-state index is 12.1. The number of hydrogen-bond donors (Lipinski definition) is 1. The van der Waals surface area contributed by atoms with E-state index in [9.17, 15) is 9.59 Å². The lowest BCUT2D eigenvalue weighted by molar-refractivity contribution is 0.0512. The summed E-state index contributed by atoms with van der Waals surface area (Å²) >= 11 is 0. The molecule has 0 saturated carbocycles. The molecule has 0 fully saturated rings. The molecule has 7 heteroatoms. The molecule has 1 amide bonds. The maximum Gasteiger partial charge on any atom is 0.378 e. The number of nitrogens with zero attached hydrogens (tertiary/aromatic N) is 3. The molecule has 2 heterocycles. The number of fused-ring (bicyclic) bond motifs is 2. The van der Waals surface area contributed by atoms with Gasteiger partial charge in [-0.15, -0.1) is 5.10 Å². The average Bonchev–Trinajstić information content (AvgIpc) is 2.80. The molecule has 0 aliphatic carbocycles. The van der Waals surface area contributed by atoms with Gasteiger partial charge in [-0.05, 0) is 18.6 Å². The molecule has 7 nitrogen and oxygen atoms in total. The van der Waals surface area contributed by atoms with E-state index in [1.54, 1.807) is 6.92 Å².